The van der Waals surface area contributed by atoms with Crippen molar-refractivity contribution in [2.45, 2.75) is 37.6 Å². The standard InChI is InChI=1S/C15H27N3O3/c1-16-8-6-15(7-9-16)12-18(11-10-17(15)2)13(19)4-3-5-14(20)21/h3-12H2,1-2H3,(H,20,21). The van der Waals surface area contributed by atoms with Crippen molar-refractivity contribution in [2.24, 2.45) is 0 Å². The van der Waals surface area contributed by atoms with E-state index in [9.17, 15) is 9.59 Å². The van der Waals surface area contributed by atoms with Gasteiger partial charge in [-0.15, -0.1) is 0 Å². The zero-order valence-electron chi connectivity index (χ0n) is 13.2. The number of carbonyl (C=O) groups excluding carboxylic acids is 1. The predicted octanol–water partition coefficient (Wildman–Crippen LogP) is 0.480. The van der Waals surface area contributed by atoms with E-state index in [1.165, 1.54) is 0 Å². The Kier molecular flexibility index (Phi) is 5.22. The number of likely N-dealkylation sites (N-methyl/N-ethyl adjacent to an activating group) is 1. The van der Waals surface area contributed by atoms with E-state index in [2.05, 4.69) is 23.9 Å². The van der Waals surface area contributed by atoms with E-state index < -0.39 is 5.97 Å². The predicted molar refractivity (Wildman–Crippen MR) is 80.2 cm³/mol. The molecular weight excluding hydrogens is 270 g/mol. The zero-order valence-corrected chi connectivity index (χ0v) is 13.2. The second kappa shape index (κ2) is 6.75. The molecule has 2 aliphatic rings. The smallest absolute Gasteiger partial charge is 0.303 e. The third-order valence-electron chi connectivity index (χ3n) is 5.05. The molecular formula is C15H27N3O3. The largest absolute Gasteiger partial charge is 0.481 e. The Morgan fingerprint density at radius 2 is 1.71 bits per heavy atom. The summed E-state index contributed by atoms with van der Waals surface area (Å²) in [7, 11) is 4.31. The molecule has 120 valence electrons. The van der Waals surface area contributed by atoms with Crippen LogP contribution in [0.1, 0.15) is 32.1 Å². The molecule has 2 saturated heterocycles. The van der Waals surface area contributed by atoms with Crippen molar-refractivity contribution in [3.05, 3.63) is 0 Å². The van der Waals surface area contributed by atoms with Gasteiger partial charge in [0.1, 0.15) is 0 Å². The average molecular weight is 297 g/mol. The number of amides is 1. The molecule has 0 aliphatic carbocycles. The number of likely N-dealkylation sites (tertiary alicyclic amines) is 1. The normalized spacial score (nSPS) is 23.4. The first-order valence-corrected chi connectivity index (χ1v) is 7.82. The summed E-state index contributed by atoms with van der Waals surface area (Å²) in [4.78, 5) is 29.5. The molecule has 0 saturated carbocycles. The van der Waals surface area contributed by atoms with Crippen LogP contribution in [0.2, 0.25) is 0 Å². The summed E-state index contributed by atoms with van der Waals surface area (Å²) in [5, 5.41) is 8.66. The van der Waals surface area contributed by atoms with Crippen LogP contribution in [0.15, 0.2) is 0 Å². The van der Waals surface area contributed by atoms with Gasteiger partial charge < -0.3 is 14.9 Å². The Balaban J connectivity index is 1.90. The lowest BCUT2D eigenvalue weighted by atomic mass is 9.83. The molecule has 1 amide bonds. The summed E-state index contributed by atoms with van der Waals surface area (Å²) in [6.07, 6.45) is 3.06. The van der Waals surface area contributed by atoms with Crippen LogP contribution in [0.3, 0.4) is 0 Å². The van der Waals surface area contributed by atoms with Gasteiger partial charge in [0, 0.05) is 38.0 Å². The molecule has 0 aromatic rings. The lowest BCUT2D eigenvalue weighted by molar-refractivity contribution is -0.139. The number of aliphatic carboxylic acids is 1. The van der Waals surface area contributed by atoms with E-state index in [-0.39, 0.29) is 17.9 Å². The van der Waals surface area contributed by atoms with Gasteiger partial charge in [-0.1, -0.05) is 0 Å². The van der Waals surface area contributed by atoms with E-state index >= 15 is 0 Å². The molecule has 0 aromatic carbocycles. The Morgan fingerprint density at radius 1 is 1.05 bits per heavy atom. The number of carboxylic acid groups (broad SMARTS) is 1. The van der Waals surface area contributed by atoms with Crippen LogP contribution in [0.25, 0.3) is 0 Å². The Labute approximate surface area is 126 Å². The van der Waals surface area contributed by atoms with Crippen LogP contribution in [-0.4, -0.2) is 84.0 Å². The van der Waals surface area contributed by atoms with Crippen LogP contribution >= 0.6 is 0 Å². The van der Waals surface area contributed by atoms with Crippen molar-refractivity contribution in [3.63, 3.8) is 0 Å². The lowest BCUT2D eigenvalue weighted by Crippen LogP contribution is -2.64. The molecule has 21 heavy (non-hydrogen) atoms. The first-order chi connectivity index (χ1) is 9.93. The van der Waals surface area contributed by atoms with Gasteiger partial charge >= 0.3 is 5.97 Å². The van der Waals surface area contributed by atoms with Crippen molar-refractivity contribution >= 4 is 11.9 Å². The number of piperidine rings is 1. The molecule has 0 atom stereocenters. The maximum atomic E-state index is 12.3. The number of rotatable bonds is 4. The topological polar surface area (TPSA) is 64.1 Å². The number of nitrogens with zero attached hydrogens (tertiary/aromatic N) is 3. The average Bonchev–Trinajstić information content (AvgIpc) is 2.44. The molecule has 0 aromatic heterocycles. The SMILES string of the molecule is CN1CCC2(CC1)CN(C(=O)CCCC(=O)O)CCN2C. The highest BCUT2D eigenvalue weighted by atomic mass is 16.4. The summed E-state index contributed by atoms with van der Waals surface area (Å²) in [6.45, 7) is 4.62. The zero-order chi connectivity index (χ0) is 15.5. The van der Waals surface area contributed by atoms with Crippen LogP contribution in [0, 0.1) is 0 Å². The molecule has 0 bridgehead atoms. The Morgan fingerprint density at radius 3 is 2.33 bits per heavy atom. The second-order valence-corrected chi connectivity index (χ2v) is 6.51. The van der Waals surface area contributed by atoms with Gasteiger partial charge in [-0.05, 0) is 46.4 Å². The summed E-state index contributed by atoms with van der Waals surface area (Å²) >= 11 is 0. The highest BCUT2D eigenvalue weighted by molar-refractivity contribution is 5.77. The number of hydrogen-bond donors (Lipinski definition) is 1. The summed E-state index contributed by atoms with van der Waals surface area (Å²) in [5.74, 6) is -0.712. The summed E-state index contributed by atoms with van der Waals surface area (Å²) < 4.78 is 0. The van der Waals surface area contributed by atoms with Crippen LogP contribution in [0.4, 0.5) is 0 Å². The minimum absolute atomic E-state index is 0.0788. The minimum atomic E-state index is -0.826. The number of hydrogen-bond acceptors (Lipinski definition) is 4. The molecule has 0 radical (unpaired) electrons. The quantitative estimate of drug-likeness (QED) is 0.818. The van der Waals surface area contributed by atoms with Gasteiger partial charge in [0.15, 0.2) is 0 Å². The molecule has 2 fully saturated rings. The first-order valence-electron chi connectivity index (χ1n) is 7.82. The van der Waals surface area contributed by atoms with Gasteiger partial charge in [0.05, 0.1) is 0 Å². The highest BCUT2D eigenvalue weighted by Gasteiger charge is 2.42. The third kappa shape index (κ3) is 3.95. The van der Waals surface area contributed by atoms with Crippen molar-refractivity contribution < 1.29 is 14.7 Å². The molecule has 1 N–H and O–H groups in total. The molecule has 6 heteroatoms. The van der Waals surface area contributed by atoms with Crippen molar-refractivity contribution in [3.8, 4) is 0 Å². The summed E-state index contributed by atoms with van der Waals surface area (Å²) in [5.41, 5.74) is 0.118. The number of carboxylic acids is 1. The van der Waals surface area contributed by atoms with Crippen molar-refractivity contribution in [1.29, 1.82) is 0 Å². The maximum Gasteiger partial charge on any atom is 0.303 e. The molecule has 2 heterocycles. The number of piperazine rings is 1. The monoisotopic (exact) mass is 297 g/mol. The molecule has 1 spiro atoms. The maximum absolute atomic E-state index is 12.3. The number of carbonyl (C=O) groups is 2. The Hall–Kier alpha value is -1.14. The van der Waals surface area contributed by atoms with Crippen LogP contribution < -0.4 is 0 Å². The molecule has 6 nitrogen and oxygen atoms in total. The fourth-order valence-electron chi connectivity index (χ4n) is 3.40. The second-order valence-electron chi connectivity index (χ2n) is 6.51. The molecule has 0 unspecified atom stereocenters. The third-order valence-corrected chi connectivity index (χ3v) is 5.05. The summed E-state index contributed by atoms with van der Waals surface area (Å²) in [6, 6.07) is 0. The lowest BCUT2D eigenvalue weighted by Gasteiger charge is -2.52. The van der Waals surface area contributed by atoms with E-state index in [4.69, 9.17) is 5.11 Å². The molecule has 2 rings (SSSR count). The fraction of sp³-hybridized carbons (Fsp3) is 0.867. The van der Waals surface area contributed by atoms with E-state index in [1.807, 2.05) is 4.90 Å². The van der Waals surface area contributed by atoms with Gasteiger partial charge in [-0.2, -0.15) is 0 Å². The van der Waals surface area contributed by atoms with Gasteiger partial charge in [-0.25, -0.2) is 0 Å². The van der Waals surface area contributed by atoms with Crippen molar-refractivity contribution in [2.75, 3.05) is 46.8 Å². The van der Waals surface area contributed by atoms with Gasteiger partial charge in [-0.3, -0.25) is 14.5 Å². The van der Waals surface area contributed by atoms with Gasteiger partial charge in [0.2, 0.25) is 5.91 Å². The van der Waals surface area contributed by atoms with E-state index in [0.717, 1.165) is 45.6 Å². The highest BCUT2D eigenvalue weighted by Crippen LogP contribution is 2.31. The van der Waals surface area contributed by atoms with Crippen LogP contribution in [-0.2, 0) is 9.59 Å². The Bertz CT molecular complexity index is 392. The van der Waals surface area contributed by atoms with E-state index in [1.54, 1.807) is 0 Å². The fourth-order valence-corrected chi connectivity index (χ4v) is 3.40. The molecule has 2 aliphatic heterocycles. The van der Waals surface area contributed by atoms with Gasteiger partial charge in [0.25, 0.3) is 0 Å². The minimum Gasteiger partial charge on any atom is -0.481 e. The van der Waals surface area contributed by atoms with Crippen molar-refractivity contribution in [1.82, 2.24) is 14.7 Å². The van der Waals surface area contributed by atoms with E-state index in [0.29, 0.717) is 12.8 Å². The van der Waals surface area contributed by atoms with Crippen LogP contribution in [0.5, 0.6) is 0 Å². The first kappa shape index (κ1) is 16.2.